The lowest BCUT2D eigenvalue weighted by Gasteiger charge is -2.29. The Morgan fingerprint density at radius 3 is 2.62 bits per heavy atom. The predicted octanol–water partition coefficient (Wildman–Crippen LogP) is 1.97. The normalized spacial score (nSPS) is 15.7. The van der Waals surface area contributed by atoms with Gasteiger partial charge in [-0.2, -0.15) is 0 Å². The topological polar surface area (TPSA) is 20.3 Å². The number of thioether (sulfide) groups is 1. The first-order valence-electron chi connectivity index (χ1n) is 4.32. The van der Waals surface area contributed by atoms with Crippen LogP contribution in [0.3, 0.4) is 0 Å². The van der Waals surface area contributed by atoms with Crippen molar-refractivity contribution in [1.29, 1.82) is 0 Å². The SMILES string of the molecule is O=C1CCN1CSc1ccccc1. The lowest BCUT2D eigenvalue weighted by molar-refractivity contribution is -0.138. The summed E-state index contributed by atoms with van der Waals surface area (Å²) in [5.74, 6) is 1.08. The summed E-state index contributed by atoms with van der Waals surface area (Å²) in [7, 11) is 0. The second-order valence-electron chi connectivity index (χ2n) is 2.99. The first kappa shape index (κ1) is 8.63. The summed E-state index contributed by atoms with van der Waals surface area (Å²) in [6, 6.07) is 10.2. The fourth-order valence-electron chi connectivity index (χ4n) is 1.17. The van der Waals surface area contributed by atoms with Crippen LogP contribution in [0, 0.1) is 0 Å². The van der Waals surface area contributed by atoms with E-state index in [-0.39, 0.29) is 5.91 Å². The van der Waals surface area contributed by atoms with Gasteiger partial charge in [-0.1, -0.05) is 18.2 Å². The molecule has 0 aromatic heterocycles. The van der Waals surface area contributed by atoms with Gasteiger partial charge in [0.05, 0.1) is 5.88 Å². The Morgan fingerprint density at radius 1 is 1.31 bits per heavy atom. The second kappa shape index (κ2) is 3.83. The molecule has 2 rings (SSSR count). The first-order chi connectivity index (χ1) is 6.36. The minimum absolute atomic E-state index is 0.281. The Labute approximate surface area is 81.9 Å². The number of β-lactam (4-membered cyclic amide) rings is 1. The molecule has 0 unspecified atom stereocenters. The van der Waals surface area contributed by atoms with Crippen LogP contribution in [-0.2, 0) is 4.79 Å². The number of amides is 1. The summed E-state index contributed by atoms with van der Waals surface area (Å²) < 4.78 is 0. The number of rotatable bonds is 3. The van der Waals surface area contributed by atoms with E-state index in [2.05, 4.69) is 12.1 Å². The summed E-state index contributed by atoms with van der Waals surface area (Å²) in [4.78, 5) is 14.1. The zero-order chi connectivity index (χ0) is 9.10. The number of carbonyl (C=O) groups excluding carboxylic acids is 1. The molecule has 3 heteroatoms. The van der Waals surface area contributed by atoms with Crippen LogP contribution in [0.1, 0.15) is 6.42 Å². The highest BCUT2D eigenvalue weighted by Crippen LogP contribution is 2.21. The van der Waals surface area contributed by atoms with Crippen molar-refractivity contribution >= 4 is 17.7 Å². The minimum Gasteiger partial charge on any atom is -0.333 e. The summed E-state index contributed by atoms with van der Waals surface area (Å²) >= 11 is 1.71. The van der Waals surface area contributed by atoms with Gasteiger partial charge in [-0.3, -0.25) is 4.79 Å². The maximum atomic E-state index is 11.0. The van der Waals surface area contributed by atoms with Gasteiger partial charge in [0, 0.05) is 17.9 Å². The second-order valence-corrected chi connectivity index (χ2v) is 4.01. The molecule has 1 aliphatic heterocycles. The maximum Gasteiger partial charge on any atom is 0.225 e. The van der Waals surface area contributed by atoms with Gasteiger partial charge in [-0.05, 0) is 12.1 Å². The quantitative estimate of drug-likeness (QED) is 0.540. The third-order valence-corrected chi connectivity index (χ3v) is 3.12. The van der Waals surface area contributed by atoms with Crippen molar-refractivity contribution in [3.63, 3.8) is 0 Å². The lowest BCUT2D eigenvalue weighted by atomic mass is 10.2. The van der Waals surface area contributed by atoms with E-state index in [0.29, 0.717) is 0 Å². The van der Waals surface area contributed by atoms with E-state index >= 15 is 0 Å². The van der Waals surface area contributed by atoms with Gasteiger partial charge >= 0.3 is 0 Å². The fourth-order valence-corrected chi connectivity index (χ4v) is 2.09. The van der Waals surface area contributed by atoms with Gasteiger partial charge < -0.3 is 4.90 Å². The number of nitrogens with zero attached hydrogens (tertiary/aromatic N) is 1. The smallest absolute Gasteiger partial charge is 0.225 e. The van der Waals surface area contributed by atoms with E-state index in [4.69, 9.17) is 0 Å². The molecule has 13 heavy (non-hydrogen) atoms. The molecule has 1 aliphatic rings. The van der Waals surface area contributed by atoms with E-state index in [1.54, 1.807) is 11.8 Å². The van der Waals surface area contributed by atoms with Crippen LogP contribution in [-0.4, -0.2) is 23.2 Å². The van der Waals surface area contributed by atoms with Crippen molar-refractivity contribution in [2.75, 3.05) is 12.4 Å². The van der Waals surface area contributed by atoms with Crippen LogP contribution in [0.2, 0.25) is 0 Å². The van der Waals surface area contributed by atoms with Crippen LogP contribution >= 0.6 is 11.8 Å². The van der Waals surface area contributed by atoms with Crippen molar-refractivity contribution in [3.05, 3.63) is 30.3 Å². The molecule has 0 bridgehead atoms. The summed E-state index contributed by atoms with van der Waals surface area (Å²) in [6.07, 6.45) is 0.731. The highest BCUT2D eigenvalue weighted by Gasteiger charge is 2.22. The third-order valence-electron chi connectivity index (χ3n) is 2.08. The number of hydrogen-bond donors (Lipinski definition) is 0. The van der Waals surface area contributed by atoms with Gasteiger partial charge in [0.2, 0.25) is 5.91 Å². The van der Waals surface area contributed by atoms with Crippen molar-refractivity contribution < 1.29 is 4.79 Å². The predicted molar refractivity (Wildman–Crippen MR) is 53.5 cm³/mol. The Bertz CT molecular complexity index is 299. The van der Waals surface area contributed by atoms with Crippen molar-refractivity contribution in [1.82, 2.24) is 4.90 Å². The van der Waals surface area contributed by atoms with Crippen LogP contribution in [0.25, 0.3) is 0 Å². The molecule has 0 saturated carbocycles. The molecule has 0 spiro atoms. The van der Waals surface area contributed by atoms with Gasteiger partial charge in [-0.25, -0.2) is 0 Å². The zero-order valence-electron chi connectivity index (χ0n) is 7.27. The Balaban J connectivity index is 1.83. The highest BCUT2D eigenvalue weighted by molar-refractivity contribution is 7.99. The van der Waals surface area contributed by atoms with Crippen LogP contribution in [0.15, 0.2) is 35.2 Å². The van der Waals surface area contributed by atoms with E-state index in [1.807, 2.05) is 23.1 Å². The third kappa shape index (κ3) is 2.04. The van der Waals surface area contributed by atoms with Crippen molar-refractivity contribution in [3.8, 4) is 0 Å². The molecular weight excluding hydrogens is 182 g/mol. The Morgan fingerprint density at radius 2 is 2.08 bits per heavy atom. The Hall–Kier alpha value is -0.960. The molecule has 2 nitrogen and oxygen atoms in total. The fraction of sp³-hybridized carbons (Fsp3) is 0.300. The van der Waals surface area contributed by atoms with Gasteiger partial charge in [-0.15, -0.1) is 11.8 Å². The Kier molecular flexibility index (Phi) is 2.54. The average Bonchev–Trinajstić information content (AvgIpc) is 2.17. The molecule has 1 aromatic carbocycles. The standard InChI is InChI=1S/C10H11NOS/c12-10-6-7-11(10)8-13-9-4-2-1-3-5-9/h1-5H,6-8H2. The highest BCUT2D eigenvalue weighted by atomic mass is 32.2. The number of hydrogen-bond acceptors (Lipinski definition) is 2. The monoisotopic (exact) mass is 193 g/mol. The molecule has 1 aromatic rings. The van der Waals surface area contributed by atoms with Crippen molar-refractivity contribution in [2.45, 2.75) is 11.3 Å². The summed E-state index contributed by atoms with van der Waals surface area (Å²) in [5, 5.41) is 0. The molecule has 1 amide bonds. The van der Waals surface area contributed by atoms with Gasteiger partial charge in [0.15, 0.2) is 0 Å². The zero-order valence-corrected chi connectivity index (χ0v) is 8.09. The molecule has 0 aliphatic carbocycles. The van der Waals surface area contributed by atoms with Crippen LogP contribution < -0.4 is 0 Å². The summed E-state index contributed by atoms with van der Waals surface area (Å²) in [5.41, 5.74) is 0. The molecule has 0 N–H and O–H groups in total. The molecule has 1 heterocycles. The van der Waals surface area contributed by atoms with Gasteiger partial charge in [0.25, 0.3) is 0 Å². The van der Waals surface area contributed by atoms with Gasteiger partial charge in [0.1, 0.15) is 0 Å². The van der Waals surface area contributed by atoms with Crippen molar-refractivity contribution in [2.24, 2.45) is 0 Å². The van der Waals surface area contributed by atoms with E-state index in [9.17, 15) is 4.79 Å². The molecule has 0 radical (unpaired) electrons. The lowest BCUT2D eigenvalue weighted by Crippen LogP contribution is -2.42. The molecular formula is C10H11NOS. The van der Waals surface area contributed by atoms with E-state index in [1.165, 1.54) is 4.90 Å². The molecule has 1 saturated heterocycles. The summed E-state index contributed by atoms with van der Waals surface area (Å²) in [6.45, 7) is 0.929. The molecule has 0 atom stereocenters. The first-order valence-corrected chi connectivity index (χ1v) is 5.30. The largest absolute Gasteiger partial charge is 0.333 e. The average molecular weight is 193 g/mol. The molecule has 68 valence electrons. The van der Waals surface area contributed by atoms with E-state index < -0.39 is 0 Å². The molecule has 1 fully saturated rings. The van der Waals surface area contributed by atoms with E-state index in [0.717, 1.165) is 18.8 Å². The number of likely N-dealkylation sites (tertiary alicyclic amines) is 1. The van der Waals surface area contributed by atoms with Crippen LogP contribution in [0.5, 0.6) is 0 Å². The maximum absolute atomic E-state index is 11.0. The van der Waals surface area contributed by atoms with Crippen LogP contribution in [0.4, 0.5) is 0 Å². The number of carbonyl (C=O) groups is 1. The minimum atomic E-state index is 0.281. The number of benzene rings is 1.